The van der Waals surface area contributed by atoms with Gasteiger partial charge in [-0.25, -0.2) is 4.39 Å². The van der Waals surface area contributed by atoms with Crippen molar-refractivity contribution in [1.82, 2.24) is 4.90 Å². The van der Waals surface area contributed by atoms with E-state index >= 15 is 0 Å². The lowest BCUT2D eigenvalue weighted by Gasteiger charge is -2.29. The highest BCUT2D eigenvalue weighted by Gasteiger charge is 2.36. The third-order valence-electron chi connectivity index (χ3n) is 4.61. The first kappa shape index (κ1) is 20.1. The summed E-state index contributed by atoms with van der Waals surface area (Å²) >= 11 is 0. The van der Waals surface area contributed by atoms with Crippen LogP contribution in [0.1, 0.15) is 28.8 Å². The predicted molar refractivity (Wildman–Crippen MR) is 96.9 cm³/mol. The molecule has 1 heterocycles. The first-order valence-electron chi connectivity index (χ1n) is 8.86. The fourth-order valence-electron chi connectivity index (χ4n) is 3.13. The molecule has 0 aromatic heterocycles. The largest absolute Gasteiger partial charge is 0.490 e. The Bertz CT molecular complexity index is 846. The lowest BCUT2D eigenvalue weighted by Crippen LogP contribution is -2.35. The summed E-state index contributed by atoms with van der Waals surface area (Å²) in [5, 5.41) is 2.33. The minimum atomic E-state index is -4.84. The monoisotopic (exact) mass is 396 g/mol. The Morgan fingerprint density at radius 2 is 1.82 bits per heavy atom. The van der Waals surface area contributed by atoms with Crippen LogP contribution in [0.4, 0.5) is 23.2 Å². The SMILES string of the molecule is CN1CCC(Oc2cccc(NC(=O)c3c(F)cccc3C(F)(F)F)c2)CC1. The number of alkyl halides is 3. The number of ether oxygens (including phenoxy) is 1. The lowest BCUT2D eigenvalue weighted by atomic mass is 10.1. The Morgan fingerprint density at radius 3 is 2.50 bits per heavy atom. The van der Waals surface area contributed by atoms with Crippen LogP contribution in [0.5, 0.6) is 5.75 Å². The van der Waals surface area contributed by atoms with Crippen molar-refractivity contribution in [3.8, 4) is 5.75 Å². The Labute approximate surface area is 160 Å². The van der Waals surface area contributed by atoms with E-state index in [-0.39, 0.29) is 11.8 Å². The van der Waals surface area contributed by atoms with Gasteiger partial charge in [0, 0.05) is 24.8 Å². The maximum Gasteiger partial charge on any atom is 0.417 e. The quantitative estimate of drug-likeness (QED) is 0.770. The van der Waals surface area contributed by atoms with Crippen molar-refractivity contribution in [2.24, 2.45) is 0 Å². The molecule has 0 atom stereocenters. The number of hydrogen-bond donors (Lipinski definition) is 1. The molecule has 28 heavy (non-hydrogen) atoms. The van der Waals surface area contributed by atoms with Gasteiger partial charge in [0.05, 0.1) is 11.1 Å². The van der Waals surface area contributed by atoms with E-state index in [9.17, 15) is 22.4 Å². The van der Waals surface area contributed by atoms with Crippen LogP contribution in [0.2, 0.25) is 0 Å². The molecule has 0 bridgehead atoms. The third-order valence-corrected chi connectivity index (χ3v) is 4.61. The summed E-state index contributed by atoms with van der Waals surface area (Å²) in [6, 6.07) is 8.77. The van der Waals surface area contributed by atoms with Gasteiger partial charge in [-0.1, -0.05) is 12.1 Å². The summed E-state index contributed by atoms with van der Waals surface area (Å²) in [4.78, 5) is 14.5. The molecule has 1 N–H and O–H groups in total. The van der Waals surface area contributed by atoms with Crippen molar-refractivity contribution in [3.63, 3.8) is 0 Å². The zero-order valence-electron chi connectivity index (χ0n) is 15.2. The van der Waals surface area contributed by atoms with Gasteiger partial charge in [0.25, 0.3) is 5.91 Å². The van der Waals surface area contributed by atoms with Gasteiger partial charge in [0.2, 0.25) is 0 Å². The van der Waals surface area contributed by atoms with E-state index in [0.717, 1.165) is 38.1 Å². The van der Waals surface area contributed by atoms with Crippen LogP contribution in [0.25, 0.3) is 0 Å². The minimum absolute atomic E-state index is 0.0329. The highest BCUT2D eigenvalue weighted by atomic mass is 19.4. The molecule has 0 aliphatic carbocycles. The first-order valence-corrected chi connectivity index (χ1v) is 8.86. The van der Waals surface area contributed by atoms with Gasteiger partial charge in [0.15, 0.2) is 0 Å². The molecule has 1 fully saturated rings. The zero-order chi connectivity index (χ0) is 20.3. The van der Waals surface area contributed by atoms with Gasteiger partial charge < -0.3 is 15.0 Å². The van der Waals surface area contributed by atoms with E-state index in [1.165, 1.54) is 12.1 Å². The molecule has 8 heteroatoms. The highest BCUT2D eigenvalue weighted by molar-refractivity contribution is 6.05. The predicted octanol–water partition coefficient (Wildman–Crippen LogP) is 4.57. The van der Waals surface area contributed by atoms with Crippen LogP contribution < -0.4 is 10.1 Å². The van der Waals surface area contributed by atoms with Gasteiger partial charge in [-0.05, 0) is 44.2 Å². The third kappa shape index (κ3) is 4.81. The maximum atomic E-state index is 14.0. The van der Waals surface area contributed by atoms with Crippen LogP contribution in [0.15, 0.2) is 42.5 Å². The number of piperidine rings is 1. The fraction of sp³-hybridized carbons (Fsp3) is 0.350. The molecule has 150 valence electrons. The maximum absolute atomic E-state index is 14.0. The molecular weight excluding hydrogens is 376 g/mol. The van der Waals surface area contributed by atoms with Gasteiger partial charge >= 0.3 is 6.18 Å². The number of carbonyl (C=O) groups excluding carboxylic acids is 1. The van der Waals surface area contributed by atoms with Gasteiger partial charge in [-0.2, -0.15) is 13.2 Å². The average molecular weight is 396 g/mol. The van der Waals surface area contributed by atoms with Crippen molar-refractivity contribution < 1.29 is 27.1 Å². The number of anilines is 1. The van der Waals surface area contributed by atoms with Gasteiger partial charge in [0.1, 0.15) is 17.7 Å². The van der Waals surface area contributed by atoms with E-state index < -0.39 is 29.0 Å². The molecule has 1 aliphatic heterocycles. The second-order valence-corrected chi connectivity index (χ2v) is 6.76. The second-order valence-electron chi connectivity index (χ2n) is 6.76. The fourth-order valence-corrected chi connectivity index (χ4v) is 3.13. The molecule has 0 radical (unpaired) electrons. The van der Waals surface area contributed by atoms with Crippen molar-refractivity contribution in [3.05, 3.63) is 59.4 Å². The van der Waals surface area contributed by atoms with Crippen LogP contribution in [0.3, 0.4) is 0 Å². The van der Waals surface area contributed by atoms with Crippen molar-refractivity contribution in [2.75, 3.05) is 25.5 Å². The summed E-state index contributed by atoms with van der Waals surface area (Å²) in [6.07, 6.45) is -3.09. The topological polar surface area (TPSA) is 41.6 Å². The molecule has 1 amide bonds. The Hall–Kier alpha value is -2.61. The number of amides is 1. The van der Waals surface area contributed by atoms with Gasteiger partial charge in [-0.15, -0.1) is 0 Å². The molecule has 0 saturated carbocycles. The van der Waals surface area contributed by atoms with E-state index in [1.807, 2.05) is 7.05 Å². The van der Waals surface area contributed by atoms with Crippen LogP contribution in [-0.4, -0.2) is 37.0 Å². The van der Waals surface area contributed by atoms with Crippen molar-refractivity contribution >= 4 is 11.6 Å². The highest BCUT2D eigenvalue weighted by Crippen LogP contribution is 2.33. The molecule has 2 aromatic rings. The Morgan fingerprint density at radius 1 is 1.14 bits per heavy atom. The van der Waals surface area contributed by atoms with Gasteiger partial charge in [-0.3, -0.25) is 4.79 Å². The van der Waals surface area contributed by atoms with Crippen LogP contribution >= 0.6 is 0 Å². The summed E-state index contributed by atoms with van der Waals surface area (Å²) < 4.78 is 59.2. The first-order chi connectivity index (χ1) is 13.2. The molecular formula is C20H20F4N2O2. The Balaban J connectivity index is 1.75. The normalized spacial score (nSPS) is 16.0. The van der Waals surface area contributed by atoms with Crippen LogP contribution in [0, 0.1) is 5.82 Å². The van der Waals surface area contributed by atoms with Crippen molar-refractivity contribution in [1.29, 1.82) is 0 Å². The standard InChI is InChI=1S/C20H20F4N2O2/c1-26-10-8-14(9-11-26)28-15-5-2-4-13(12-15)25-19(27)18-16(20(22,23)24)6-3-7-17(18)21/h2-7,12,14H,8-11H2,1H3,(H,25,27). The molecule has 2 aromatic carbocycles. The van der Waals surface area contributed by atoms with E-state index in [0.29, 0.717) is 11.8 Å². The summed E-state index contributed by atoms with van der Waals surface area (Å²) in [5.41, 5.74) is -2.12. The number of carbonyl (C=O) groups is 1. The zero-order valence-corrected chi connectivity index (χ0v) is 15.2. The Kier molecular flexibility index (Phi) is 5.88. The lowest BCUT2D eigenvalue weighted by molar-refractivity contribution is -0.138. The minimum Gasteiger partial charge on any atom is -0.490 e. The summed E-state index contributed by atoms with van der Waals surface area (Å²) in [5.74, 6) is -1.90. The molecule has 1 aliphatic rings. The molecule has 1 saturated heterocycles. The molecule has 3 rings (SSSR count). The number of halogens is 4. The number of hydrogen-bond acceptors (Lipinski definition) is 3. The van der Waals surface area contributed by atoms with E-state index in [2.05, 4.69) is 10.2 Å². The summed E-state index contributed by atoms with van der Waals surface area (Å²) in [7, 11) is 2.03. The number of benzene rings is 2. The number of rotatable bonds is 4. The van der Waals surface area contributed by atoms with E-state index in [1.54, 1.807) is 12.1 Å². The molecule has 4 nitrogen and oxygen atoms in total. The molecule has 0 spiro atoms. The van der Waals surface area contributed by atoms with Crippen molar-refractivity contribution in [2.45, 2.75) is 25.1 Å². The number of nitrogens with zero attached hydrogens (tertiary/aromatic N) is 1. The summed E-state index contributed by atoms with van der Waals surface area (Å²) in [6.45, 7) is 1.82. The molecule has 0 unspecified atom stereocenters. The van der Waals surface area contributed by atoms with E-state index in [4.69, 9.17) is 4.74 Å². The second kappa shape index (κ2) is 8.18. The number of likely N-dealkylation sites (tertiary alicyclic amines) is 1. The van der Waals surface area contributed by atoms with Crippen LogP contribution in [-0.2, 0) is 6.18 Å². The number of nitrogens with one attached hydrogen (secondary N) is 1. The smallest absolute Gasteiger partial charge is 0.417 e. The average Bonchev–Trinajstić information content (AvgIpc) is 2.63.